The van der Waals surface area contributed by atoms with Crippen molar-refractivity contribution >= 4 is 0 Å². The van der Waals surface area contributed by atoms with Crippen molar-refractivity contribution in [1.29, 1.82) is 0 Å². The highest BCUT2D eigenvalue weighted by atomic mass is 19.1. The van der Waals surface area contributed by atoms with Gasteiger partial charge in [-0.05, 0) is 23.6 Å². The molecule has 0 aliphatic heterocycles. The van der Waals surface area contributed by atoms with E-state index in [4.69, 9.17) is 5.11 Å². The smallest absolute Gasteiger partial charge is 0.123 e. The predicted molar refractivity (Wildman–Crippen MR) is 65.1 cm³/mol. The monoisotopic (exact) mass is 241 g/mol. The second kappa shape index (κ2) is 6.69. The van der Waals surface area contributed by atoms with Crippen molar-refractivity contribution in [3.8, 4) is 0 Å². The zero-order valence-electron chi connectivity index (χ0n) is 10.2. The van der Waals surface area contributed by atoms with Gasteiger partial charge >= 0.3 is 0 Å². The van der Waals surface area contributed by atoms with Gasteiger partial charge in [-0.2, -0.15) is 0 Å². The first-order chi connectivity index (χ1) is 8.04. The molecule has 4 heteroatoms. The number of nitrogens with one attached hydrogen (secondary N) is 1. The van der Waals surface area contributed by atoms with Gasteiger partial charge in [-0.15, -0.1) is 0 Å². The van der Waals surface area contributed by atoms with Crippen molar-refractivity contribution in [2.24, 2.45) is 5.92 Å². The molecule has 0 aliphatic rings. The zero-order chi connectivity index (χ0) is 12.8. The molecule has 2 atom stereocenters. The molecule has 3 N–H and O–H groups in total. The van der Waals surface area contributed by atoms with Crippen molar-refractivity contribution in [1.82, 2.24) is 5.32 Å². The standard InChI is InChI=1S/C13H20FNO2/c1-9(2)12(8-16)15-7-13(17)10-3-5-11(14)6-4-10/h3-6,9,12-13,15-17H,7-8H2,1-2H3/t12-,13?/m1/s1. The Hall–Kier alpha value is -0.970. The molecule has 0 amide bonds. The minimum atomic E-state index is -0.691. The Morgan fingerprint density at radius 3 is 2.29 bits per heavy atom. The van der Waals surface area contributed by atoms with E-state index in [1.165, 1.54) is 12.1 Å². The first-order valence-corrected chi connectivity index (χ1v) is 5.82. The van der Waals surface area contributed by atoms with Crippen LogP contribution < -0.4 is 5.32 Å². The number of hydrogen-bond acceptors (Lipinski definition) is 3. The highest BCUT2D eigenvalue weighted by Gasteiger charge is 2.14. The molecule has 1 unspecified atom stereocenters. The summed E-state index contributed by atoms with van der Waals surface area (Å²) in [7, 11) is 0. The Kier molecular flexibility index (Phi) is 5.55. The third-order valence-corrected chi connectivity index (χ3v) is 2.83. The van der Waals surface area contributed by atoms with Gasteiger partial charge in [0.25, 0.3) is 0 Å². The van der Waals surface area contributed by atoms with E-state index in [0.717, 1.165) is 0 Å². The average Bonchev–Trinajstić information content (AvgIpc) is 2.30. The molecule has 0 bridgehead atoms. The van der Waals surface area contributed by atoms with Crippen LogP contribution in [-0.2, 0) is 0 Å². The molecule has 0 fully saturated rings. The number of benzene rings is 1. The normalized spacial score (nSPS) is 14.9. The Morgan fingerprint density at radius 1 is 1.24 bits per heavy atom. The number of aliphatic hydroxyl groups excluding tert-OH is 2. The molecule has 96 valence electrons. The summed E-state index contributed by atoms with van der Waals surface area (Å²) < 4.78 is 12.7. The van der Waals surface area contributed by atoms with Gasteiger partial charge in [0.05, 0.1) is 12.7 Å². The van der Waals surface area contributed by atoms with Gasteiger partial charge in [0.2, 0.25) is 0 Å². The van der Waals surface area contributed by atoms with E-state index in [0.29, 0.717) is 18.0 Å². The van der Waals surface area contributed by atoms with E-state index in [2.05, 4.69) is 5.32 Å². The second-order valence-corrected chi connectivity index (χ2v) is 4.51. The topological polar surface area (TPSA) is 52.5 Å². The quantitative estimate of drug-likeness (QED) is 0.707. The van der Waals surface area contributed by atoms with Crippen molar-refractivity contribution in [3.63, 3.8) is 0 Å². The van der Waals surface area contributed by atoms with Crippen LogP contribution in [0.5, 0.6) is 0 Å². The lowest BCUT2D eigenvalue weighted by molar-refractivity contribution is 0.148. The Labute approximate surface area is 101 Å². The molecule has 1 aromatic rings. The number of hydrogen-bond donors (Lipinski definition) is 3. The van der Waals surface area contributed by atoms with Gasteiger partial charge < -0.3 is 15.5 Å². The summed E-state index contributed by atoms with van der Waals surface area (Å²) in [5.74, 6) is -0.0234. The van der Waals surface area contributed by atoms with Crippen LogP contribution in [-0.4, -0.2) is 29.4 Å². The molecule has 1 aromatic carbocycles. The predicted octanol–water partition coefficient (Wildman–Crippen LogP) is 1.47. The zero-order valence-corrected chi connectivity index (χ0v) is 10.2. The number of halogens is 1. The maximum absolute atomic E-state index is 12.7. The summed E-state index contributed by atoms with van der Waals surface area (Å²) >= 11 is 0. The van der Waals surface area contributed by atoms with E-state index in [9.17, 15) is 9.50 Å². The van der Waals surface area contributed by atoms with E-state index in [1.807, 2.05) is 13.8 Å². The lowest BCUT2D eigenvalue weighted by atomic mass is 10.0. The molecule has 0 aliphatic carbocycles. The number of aliphatic hydroxyl groups is 2. The van der Waals surface area contributed by atoms with Crippen LogP contribution in [0.2, 0.25) is 0 Å². The van der Waals surface area contributed by atoms with Crippen molar-refractivity contribution in [2.45, 2.75) is 26.0 Å². The van der Waals surface area contributed by atoms with Gasteiger partial charge in [0, 0.05) is 12.6 Å². The molecule has 0 spiro atoms. The van der Waals surface area contributed by atoms with Crippen LogP contribution in [0.15, 0.2) is 24.3 Å². The van der Waals surface area contributed by atoms with Gasteiger partial charge in [-0.25, -0.2) is 4.39 Å². The van der Waals surface area contributed by atoms with Crippen molar-refractivity contribution in [3.05, 3.63) is 35.6 Å². The Bertz CT molecular complexity index is 327. The van der Waals surface area contributed by atoms with E-state index in [1.54, 1.807) is 12.1 Å². The number of rotatable bonds is 6. The molecule has 0 saturated carbocycles. The minimum Gasteiger partial charge on any atom is -0.395 e. The largest absolute Gasteiger partial charge is 0.395 e. The molecule has 0 aromatic heterocycles. The average molecular weight is 241 g/mol. The fourth-order valence-electron chi connectivity index (χ4n) is 1.58. The molecule has 3 nitrogen and oxygen atoms in total. The van der Waals surface area contributed by atoms with E-state index in [-0.39, 0.29) is 18.5 Å². The van der Waals surface area contributed by atoms with Crippen LogP contribution in [0.25, 0.3) is 0 Å². The summed E-state index contributed by atoms with van der Waals surface area (Å²) in [4.78, 5) is 0. The maximum atomic E-state index is 12.7. The summed E-state index contributed by atoms with van der Waals surface area (Å²) in [6, 6.07) is 5.73. The molecule has 0 heterocycles. The molecular formula is C13H20FNO2. The van der Waals surface area contributed by atoms with Gasteiger partial charge in [-0.3, -0.25) is 0 Å². The summed E-state index contributed by atoms with van der Waals surface area (Å²) in [5, 5.41) is 22.1. The highest BCUT2D eigenvalue weighted by Crippen LogP contribution is 2.13. The lowest BCUT2D eigenvalue weighted by Gasteiger charge is -2.22. The molecule has 0 saturated heterocycles. The Balaban J connectivity index is 2.49. The van der Waals surface area contributed by atoms with E-state index >= 15 is 0 Å². The van der Waals surface area contributed by atoms with Crippen LogP contribution >= 0.6 is 0 Å². The van der Waals surface area contributed by atoms with Crippen LogP contribution in [0.3, 0.4) is 0 Å². The summed E-state index contributed by atoms with van der Waals surface area (Å²) in [5.41, 5.74) is 0.666. The van der Waals surface area contributed by atoms with Crippen LogP contribution in [0.4, 0.5) is 4.39 Å². The van der Waals surface area contributed by atoms with Gasteiger partial charge in [0.1, 0.15) is 5.82 Å². The summed E-state index contributed by atoms with van der Waals surface area (Å²) in [6.45, 7) is 4.37. The maximum Gasteiger partial charge on any atom is 0.123 e. The summed E-state index contributed by atoms with van der Waals surface area (Å²) in [6.07, 6.45) is -0.691. The van der Waals surface area contributed by atoms with Crippen LogP contribution in [0.1, 0.15) is 25.5 Å². The fraction of sp³-hybridized carbons (Fsp3) is 0.538. The van der Waals surface area contributed by atoms with E-state index < -0.39 is 6.10 Å². The van der Waals surface area contributed by atoms with Crippen molar-refractivity contribution < 1.29 is 14.6 Å². The highest BCUT2D eigenvalue weighted by molar-refractivity contribution is 5.18. The minimum absolute atomic E-state index is 0.0355. The SMILES string of the molecule is CC(C)[C@@H](CO)NCC(O)c1ccc(F)cc1. The first kappa shape index (κ1) is 14.1. The van der Waals surface area contributed by atoms with Gasteiger partial charge in [0.15, 0.2) is 0 Å². The molecule has 1 rings (SSSR count). The fourth-order valence-corrected chi connectivity index (χ4v) is 1.58. The van der Waals surface area contributed by atoms with Crippen molar-refractivity contribution in [2.75, 3.05) is 13.2 Å². The molecular weight excluding hydrogens is 221 g/mol. The third kappa shape index (κ3) is 4.42. The second-order valence-electron chi connectivity index (χ2n) is 4.51. The lowest BCUT2D eigenvalue weighted by Crippen LogP contribution is -2.39. The first-order valence-electron chi connectivity index (χ1n) is 5.82. The Morgan fingerprint density at radius 2 is 1.82 bits per heavy atom. The molecule has 17 heavy (non-hydrogen) atoms. The van der Waals surface area contributed by atoms with Crippen LogP contribution in [0, 0.1) is 11.7 Å². The third-order valence-electron chi connectivity index (χ3n) is 2.83. The van der Waals surface area contributed by atoms with Gasteiger partial charge in [-0.1, -0.05) is 26.0 Å². The molecule has 0 radical (unpaired) electrons.